The van der Waals surface area contributed by atoms with Gasteiger partial charge in [-0.05, 0) is 24.8 Å². The van der Waals surface area contributed by atoms with Crippen molar-refractivity contribution in [2.24, 2.45) is 5.41 Å². The highest BCUT2D eigenvalue weighted by Crippen LogP contribution is 2.35. The van der Waals surface area contributed by atoms with Gasteiger partial charge in [0.05, 0.1) is 12.4 Å². The fourth-order valence-corrected chi connectivity index (χ4v) is 1.49. The number of aldehydes is 1. The van der Waals surface area contributed by atoms with E-state index in [9.17, 15) is 4.79 Å². The van der Waals surface area contributed by atoms with Crippen LogP contribution in [0.1, 0.15) is 52.9 Å². The van der Waals surface area contributed by atoms with Crippen molar-refractivity contribution in [3.63, 3.8) is 0 Å². The zero-order valence-corrected chi connectivity index (χ0v) is 10.1. The van der Waals surface area contributed by atoms with E-state index >= 15 is 0 Å². The second-order valence-corrected chi connectivity index (χ2v) is 5.10. The van der Waals surface area contributed by atoms with Crippen molar-refractivity contribution < 1.29 is 9.53 Å². The summed E-state index contributed by atoms with van der Waals surface area (Å²) in [4.78, 5) is 10.5. The molecule has 0 aromatic heterocycles. The number of hydrogen-bond acceptors (Lipinski definition) is 2. The van der Waals surface area contributed by atoms with Gasteiger partial charge in [-0.25, -0.2) is 0 Å². The Labute approximate surface area is 92.7 Å². The second kappa shape index (κ2) is 5.34. The molecule has 1 rings (SSSR count). The number of ether oxygens (including phenoxy) is 1. The molecular formula is C13H22O2. The van der Waals surface area contributed by atoms with Crippen molar-refractivity contribution >= 4 is 6.29 Å². The molecule has 2 heteroatoms. The summed E-state index contributed by atoms with van der Waals surface area (Å²) in [5.74, 6) is 1.19. The minimum Gasteiger partial charge on any atom is -0.497 e. The lowest BCUT2D eigenvalue weighted by Crippen LogP contribution is -2.19. The van der Waals surface area contributed by atoms with E-state index in [4.69, 9.17) is 4.74 Å². The molecule has 1 aliphatic carbocycles. The average Bonchev–Trinajstić information content (AvgIpc) is 2.95. The van der Waals surface area contributed by atoms with Gasteiger partial charge in [0, 0.05) is 18.3 Å². The van der Waals surface area contributed by atoms with E-state index in [2.05, 4.69) is 20.8 Å². The fourth-order valence-electron chi connectivity index (χ4n) is 1.49. The molecule has 0 spiro atoms. The molecule has 0 saturated heterocycles. The summed E-state index contributed by atoms with van der Waals surface area (Å²) in [7, 11) is 0. The molecule has 2 nitrogen and oxygen atoms in total. The fraction of sp³-hybridized carbons (Fsp3) is 0.769. The Balaban J connectivity index is 2.40. The van der Waals surface area contributed by atoms with Crippen LogP contribution in [0, 0.1) is 5.41 Å². The van der Waals surface area contributed by atoms with Crippen LogP contribution in [0.15, 0.2) is 11.3 Å². The Bertz CT molecular complexity index is 245. The van der Waals surface area contributed by atoms with Crippen molar-refractivity contribution in [3.8, 4) is 0 Å². The van der Waals surface area contributed by atoms with Crippen LogP contribution < -0.4 is 0 Å². The summed E-state index contributed by atoms with van der Waals surface area (Å²) < 4.78 is 5.84. The minimum absolute atomic E-state index is 0.0316. The average molecular weight is 210 g/mol. The quantitative estimate of drug-likeness (QED) is 0.475. The normalized spacial score (nSPS) is 15.0. The summed E-state index contributed by atoms with van der Waals surface area (Å²) in [5.41, 5.74) is 1.45. The molecule has 0 N–H and O–H groups in total. The lowest BCUT2D eigenvalue weighted by Gasteiger charge is -2.23. The van der Waals surface area contributed by atoms with Crippen molar-refractivity contribution in [1.29, 1.82) is 0 Å². The summed E-state index contributed by atoms with van der Waals surface area (Å²) >= 11 is 0. The third-order valence-electron chi connectivity index (χ3n) is 2.64. The van der Waals surface area contributed by atoms with Gasteiger partial charge in [-0.1, -0.05) is 20.8 Å². The Morgan fingerprint density at radius 1 is 1.47 bits per heavy atom. The molecule has 0 aromatic rings. The molecule has 0 amide bonds. The number of carbonyl (C=O) groups is 1. The Kier molecular flexibility index (Phi) is 4.37. The third kappa shape index (κ3) is 4.50. The number of carbonyl (C=O) groups excluding carboxylic acids is 1. The van der Waals surface area contributed by atoms with Gasteiger partial charge in [-0.3, -0.25) is 0 Å². The van der Waals surface area contributed by atoms with Gasteiger partial charge < -0.3 is 9.53 Å². The molecule has 0 radical (unpaired) electrons. The van der Waals surface area contributed by atoms with Crippen LogP contribution in [0.5, 0.6) is 0 Å². The van der Waals surface area contributed by atoms with Crippen molar-refractivity contribution in [2.45, 2.75) is 52.9 Å². The number of hydrogen-bond donors (Lipinski definition) is 0. The zero-order chi connectivity index (χ0) is 11.3. The van der Waals surface area contributed by atoms with Gasteiger partial charge in [0.2, 0.25) is 0 Å². The van der Waals surface area contributed by atoms with Gasteiger partial charge in [-0.2, -0.15) is 0 Å². The van der Waals surface area contributed by atoms with E-state index in [1.165, 1.54) is 24.2 Å². The van der Waals surface area contributed by atoms with E-state index in [0.717, 1.165) is 19.1 Å². The van der Waals surface area contributed by atoms with Crippen LogP contribution >= 0.6 is 0 Å². The summed E-state index contributed by atoms with van der Waals surface area (Å²) in [5, 5.41) is 0. The molecule has 0 aromatic carbocycles. The van der Waals surface area contributed by atoms with Crippen molar-refractivity contribution in [1.82, 2.24) is 0 Å². The summed E-state index contributed by atoms with van der Waals surface area (Å²) in [6.07, 6.45) is 6.15. The van der Waals surface area contributed by atoms with Crippen LogP contribution in [0.2, 0.25) is 0 Å². The molecule has 0 aliphatic heterocycles. The molecular weight excluding hydrogens is 188 g/mol. The van der Waals surface area contributed by atoms with Gasteiger partial charge in [-0.15, -0.1) is 0 Å². The summed E-state index contributed by atoms with van der Waals surface area (Å²) in [6, 6.07) is 0. The highest BCUT2D eigenvalue weighted by atomic mass is 16.5. The molecule has 1 saturated carbocycles. The lowest BCUT2D eigenvalue weighted by molar-refractivity contribution is -0.110. The zero-order valence-electron chi connectivity index (χ0n) is 10.1. The Hall–Kier alpha value is -0.790. The Morgan fingerprint density at radius 2 is 2.13 bits per heavy atom. The van der Waals surface area contributed by atoms with E-state index in [0.29, 0.717) is 13.0 Å². The number of rotatable bonds is 7. The highest BCUT2D eigenvalue weighted by Gasteiger charge is 2.22. The molecule has 0 heterocycles. The first-order chi connectivity index (χ1) is 7.09. The van der Waals surface area contributed by atoms with Crippen LogP contribution in [-0.2, 0) is 9.53 Å². The first-order valence-electron chi connectivity index (χ1n) is 5.86. The SMILES string of the molecule is CCCC(OCC(C)(C)CC=O)=C1CC1. The minimum atomic E-state index is -0.0316. The van der Waals surface area contributed by atoms with E-state index < -0.39 is 0 Å². The van der Waals surface area contributed by atoms with E-state index in [-0.39, 0.29) is 5.41 Å². The van der Waals surface area contributed by atoms with Gasteiger partial charge in [0.15, 0.2) is 0 Å². The predicted molar refractivity (Wildman–Crippen MR) is 61.6 cm³/mol. The molecule has 0 atom stereocenters. The first-order valence-corrected chi connectivity index (χ1v) is 5.86. The first kappa shape index (κ1) is 12.3. The predicted octanol–water partition coefficient (Wildman–Crippen LogP) is 3.47. The monoisotopic (exact) mass is 210 g/mol. The third-order valence-corrected chi connectivity index (χ3v) is 2.64. The summed E-state index contributed by atoms with van der Waals surface area (Å²) in [6.45, 7) is 6.97. The highest BCUT2D eigenvalue weighted by molar-refractivity contribution is 5.50. The largest absolute Gasteiger partial charge is 0.497 e. The standard InChI is InChI=1S/C13H22O2/c1-4-5-12(11-6-7-11)15-10-13(2,3)8-9-14/h9H,4-8,10H2,1-3H3. The molecule has 86 valence electrons. The van der Waals surface area contributed by atoms with Crippen molar-refractivity contribution in [2.75, 3.05) is 6.61 Å². The molecule has 15 heavy (non-hydrogen) atoms. The maximum Gasteiger partial charge on any atom is 0.120 e. The molecule has 0 unspecified atom stereocenters. The van der Waals surface area contributed by atoms with Crippen LogP contribution in [0.25, 0.3) is 0 Å². The van der Waals surface area contributed by atoms with Gasteiger partial charge >= 0.3 is 0 Å². The number of allylic oxidation sites excluding steroid dienone is 2. The van der Waals surface area contributed by atoms with Gasteiger partial charge in [0.1, 0.15) is 6.29 Å². The second-order valence-electron chi connectivity index (χ2n) is 5.10. The smallest absolute Gasteiger partial charge is 0.120 e. The van der Waals surface area contributed by atoms with Crippen LogP contribution in [0.3, 0.4) is 0 Å². The topological polar surface area (TPSA) is 26.3 Å². The maximum atomic E-state index is 10.5. The van der Waals surface area contributed by atoms with Gasteiger partial charge in [0.25, 0.3) is 0 Å². The molecule has 1 aliphatic rings. The molecule has 1 fully saturated rings. The van der Waals surface area contributed by atoms with E-state index in [1.54, 1.807) is 0 Å². The lowest BCUT2D eigenvalue weighted by atomic mass is 9.91. The van der Waals surface area contributed by atoms with Crippen LogP contribution in [0.4, 0.5) is 0 Å². The Morgan fingerprint density at radius 3 is 2.60 bits per heavy atom. The van der Waals surface area contributed by atoms with E-state index in [1.807, 2.05) is 0 Å². The van der Waals surface area contributed by atoms with Crippen LogP contribution in [-0.4, -0.2) is 12.9 Å². The maximum absolute atomic E-state index is 10.5. The molecule has 0 bridgehead atoms. The van der Waals surface area contributed by atoms with Crippen molar-refractivity contribution in [3.05, 3.63) is 11.3 Å².